The highest BCUT2D eigenvalue weighted by Crippen LogP contribution is 2.18. The van der Waals surface area contributed by atoms with Crippen LogP contribution in [0.5, 0.6) is 0 Å². The second-order valence-electron chi connectivity index (χ2n) is 4.44. The van der Waals surface area contributed by atoms with Crippen LogP contribution in [0, 0.1) is 0 Å². The number of hydrogen-bond acceptors (Lipinski definition) is 5. The minimum Gasteiger partial charge on any atom is -0.478 e. The minimum absolute atomic E-state index is 0.217. The number of carboxylic acids is 1. The molecular formula is C15H11N3O3. The van der Waals surface area contributed by atoms with Crippen LogP contribution in [0.4, 0.5) is 0 Å². The van der Waals surface area contributed by atoms with Gasteiger partial charge in [-0.1, -0.05) is 11.2 Å². The van der Waals surface area contributed by atoms with Crippen molar-refractivity contribution < 1.29 is 14.4 Å². The number of aromatic nitrogens is 3. The summed E-state index contributed by atoms with van der Waals surface area (Å²) in [5.74, 6) is -0.0458. The molecule has 0 saturated heterocycles. The van der Waals surface area contributed by atoms with E-state index >= 15 is 0 Å². The van der Waals surface area contributed by atoms with Gasteiger partial charge in [-0.25, -0.2) is 4.79 Å². The van der Waals surface area contributed by atoms with Gasteiger partial charge in [0, 0.05) is 24.4 Å². The van der Waals surface area contributed by atoms with Gasteiger partial charge in [0.2, 0.25) is 0 Å². The van der Waals surface area contributed by atoms with Crippen molar-refractivity contribution in [2.75, 3.05) is 0 Å². The summed E-state index contributed by atoms with van der Waals surface area (Å²) in [4.78, 5) is 19.1. The van der Waals surface area contributed by atoms with Crippen molar-refractivity contribution in [1.82, 2.24) is 15.1 Å². The van der Waals surface area contributed by atoms with Crippen molar-refractivity contribution in [3.8, 4) is 11.5 Å². The van der Waals surface area contributed by atoms with Gasteiger partial charge < -0.3 is 9.63 Å². The molecule has 0 aliphatic rings. The SMILES string of the molecule is O=C(O)c1ccc(-c2nc(Cc3cccnc3)no2)cc1. The summed E-state index contributed by atoms with van der Waals surface area (Å²) in [6, 6.07) is 10.1. The van der Waals surface area contributed by atoms with E-state index in [1.165, 1.54) is 12.1 Å². The molecule has 0 fully saturated rings. The van der Waals surface area contributed by atoms with Crippen molar-refractivity contribution in [2.24, 2.45) is 0 Å². The van der Waals surface area contributed by atoms with Crippen molar-refractivity contribution in [3.63, 3.8) is 0 Å². The monoisotopic (exact) mass is 281 g/mol. The van der Waals surface area contributed by atoms with E-state index in [0.29, 0.717) is 23.7 Å². The standard InChI is InChI=1S/C15H11N3O3/c19-15(20)12-5-3-11(4-6-12)14-17-13(18-21-14)8-10-2-1-7-16-9-10/h1-7,9H,8H2,(H,19,20). The van der Waals surface area contributed by atoms with E-state index in [0.717, 1.165) is 5.56 Å². The van der Waals surface area contributed by atoms with Crippen molar-refractivity contribution in [2.45, 2.75) is 6.42 Å². The highest BCUT2D eigenvalue weighted by Gasteiger charge is 2.10. The van der Waals surface area contributed by atoms with Crippen LogP contribution in [0.3, 0.4) is 0 Å². The molecule has 0 radical (unpaired) electrons. The molecule has 0 unspecified atom stereocenters. The summed E-state index contributed by atoms with van der Waals surface area (Å²) < 4.78 is 5.19. The lowest BCUT2D eigenvalue weighted by Crippen LogP contribution is -1.95. The molecule has 2 aromatic heterocycles. The number of nitrogens with zero attached hydrogens (tertiary/aromatic N) is 3. The van der Waals surface area contributed by atoms with E-state index < -0.39 is 5.97 Å². The zero-order chi connectivity index (χ0) is 14.7. The molecule has 1 N–H and O–H groups in total. The van der Waals surface area contributed by atoms with E-state index in [4.69, 9.17) is 9.63 Å². The van der Waals surface area contributed by atoms with Gasteiger partial charge in [0.1, 0.15) is 0 Å². The van der Waals surface area contributed by atoms with Crippen LogP contribution in [0.1, 0.15) is 21.7 Å². The van der Waals surface area contributed by atoms with E-state index in [1.807, 2.05) is 12.1 Å². The predicted molar refractivity (Wildman–Crippen MR) is 73.7 cm³/mol. The first kappa shape index (κ1) is 13.0. The van der Waals surface area contributed by atoms with Gasteiger partial charge in [0.05, 0.1) is 5.56 Å². The summed E-state index contributed by atoms with van der Waals surface area (Å²) in [6.45, 7) is 0. The quantitative estimate of drug-likeness (QED) is 0.790. The lowest BCUT2D eigenvalue weighted by Gasteiger charge is -1.96. The van der Waals surface area contributed by atoms with Crippen LogP contribution < -0.4 is 0 Å². The molecule has 2 heterocycles. The van der Waals surface area contributed by atoms with Gasteiger partial charge in [0.15, 0.2) is 5.82 Å². The lowest BCUT2D eigenvalue weighted by molar-refractivity contribution is 0.0697. The third-order valence-corrected chi connectivity index (χ3v) is 2.93. The van der Waals surface area contributed by atoms with E-state index in [-0.39, 0.29) is 5.56 Å². The molecule has 0 amide bonds. The first-order valence-corrected chi connectivity index (χ1v) is 6.27. The van der Waals surface area contributed by atoms with E-state index in [9.17, 15) is 4.79 Å². The number of rotatable bonds is 4. The Labute approximate surface area is 120 Å². The largest absolute Gasteiger partial charge is 0.478 e. The van der Waals surface area contributed by atoms with Gasteiger partial charge in [0.25, 0.3) is 5.89 Å². The number of hydrogen-bond donors (Lipinski definition) is 1. The molecule has 0 atom stereocenters. The van der Waals surface area contributed by atoms with Crippen LogP contribution in [-0.4, -0.2) is 26.2 Å². The van der Waals surface area contributed by atoms with Crippen molar-refractivity contribution in [3.05, 3.63) is 65.7 Å². The maximum Gasteiger partial charge on any atom is 0.335 e. The first-order chi connectivity index (χ1) is 10.2. The Hall–Kier alpha value is -3.02. The Balaban J connectivity index is 1.80. The van der Waals surface area contributed by atoms with Crippen LogP contribution in [0.2, 0.25) is 0 Å². The molecule has 0 aliphatic carbocycles. The smallest absolute Gasteiger partial charge is 0.335 e. The highest BCUT2D eigenvalue weighted by atomic mass is 16.5. The Morgan fingerprint density at radius 3 is 2.67 bits per heavy atom. The maximum absolute atomic E-state index is 10.8. The molecule has 0 aliphatic heterocycles. The maximum atomic E-state index is 10.8. The zero-order valence-electron chi connectivity index (χ0n) is 10.9. The molecule has 1 aromatic carbocycles. The second kappa shape index (κ2) is 5.54. The summed E-state index contributed by atoms with van der Waals surface area (Å²) in [6.07, 6.45) is 3.98. The molecule has 6 heteroatoms. The highest BCUT2D eigenvalue weighted by molar-refractivity contribution is 5.88. The van der Waals surface area contributed by atoms with Crippen LogP contribution in [0.25, 0.3) is 11.5 Å². The molecular weight excluding hydrogens is 270 g/mol. The summed E-state index contributed by atoms with van der Waals surface area (Å²) >= 11 is 0. The number of aromatic carboxylic acids is 1. The average Bonchev–Trinajstić information content (AvgIpc) is 2.97. The number of pyridine rings is 1. The minimum atomic E-state index is -0.968. The fraction of sp³-hybridized carbons (Fsp3) is 0.0667. The predicted octanol–water partition coefficient (Wildman–Crippen LogP) is 2.42. The van der Waals surface area contributed by atoms with Crippen molar-refractivity contribution >= 4 is 5.97 Å². The third kappa shape index (κ3) is 2.94. The Morgan fingerprint density at radius 2 is 2.00 bits per heavy atom. The van der Waals surface area contributed by atoms with Gasteiger partial charge >= 0.3 is 5.97 Å². The lowest BCUT2D eigenvalue weighted by atomic mass is 10.1. The zero-order valence-corrected chi connectivity index (χ0v) is 10.9. The fourth-order valence-corrected chi connectivity index (χ4v) is 1.88. The summed E-state index contributed by atoms with van der Waals surface area (Å²) in [5.41, 5.74) is 1.89. The molecule has 0 bridgehead atoms. The first-order valence-electron chi connectivity index (χ1n) is 6.27. The normalized spacial score (nSPS) is 10.5. The third-order valence-electron chi connectivity index (χ3n) is 2.93. The Kier molecular flexibility index (Phi) is 3.42. The number of carbonyl (C=O) groups is 1. The van der Waals surface area contributed by atoms with Crippen LogP contribution in [-0.2, 0) is 6.42 Å². The summed E-state index contributed by atoms with van der Waals surface area (Å²) in [7, 11) is 0. The van der Waals surface area contributed by atoms with Gasteiger partial charge in [-0.2, -0.15) is 4.98 Å². The van der Waals surface area contributed by atoms with E-state index in [1.54, 1.807) is 24.5 Å². The molecule has 6 nitrogen and oxygen atoms in total. The fourth-order valence-electron chi connectivity index (χ4n) is 1.88. The van der Waals surface area contributed by atoms with Crippen LogP contribution >= 0.6 is 0 Å². The van der Waals surface area contributed by atoms with Crippen molar-refractivity contribution in [1.29, 1.82) is 0 Å². The van der Waals surface area contributed by atoms with Crippen LogP contribution in [0.15, 0.2) is 53.3 Å². The topological polar surface area (TPSA) is 89.1 Å². The van der Waals surface area contributed by atoms with E-state index in [2.05, 4.69) is 15.1 Å². The molecule has 0 saturated carbocycles. The Morgan fingerprint density at radius 1 is 1.19 bits per heavy atom. The average molecular weight is 281 g/mol. The second-order valence-corrected chi connectivity index (χ2v) is 4.44. The number of carboxylic acid groups (broad SMARTS) is 1. The Bertz CT molecular complexity index is 751. The molecule has 3 aromatic rings. The van der Waals surface area contributed by atoms with Gasteiger partial charge in [-0.15, -0.1) is 0 Å². The molecule has 21 heavy (non-hydrogen) atoms. The van der Waals surface area contributed by atoms with Gasteiger partial charge in [-0.3, -0.25) is 4.98 Å². The van der Waals surface area contributed by atoms with Gasteiger partial charge in [-0.05, 0) is 35.9 Å². The molecule has 104 valence electrons. The summed E-state index contributed by atoms with van der Waals surface area (Å²) in [5, 5.41) is 12.8. The molecule has 0 spiro atoms. The molecule has 3 rings (SSSR count). The number of benzene rings is 1.